The summed E-state index contributed by atoms with van der Waals surface area (Å²) < 4.78 is 37.7. The van der Waals surface area contributed by atoms with Gasteiger partial charge in [-0.3, -0.25) is 0 Å². The van der Waals surface area contributed by atoms with Gasteiger partial charge in [-0.25, -0.2) is 0 Å². The van der Waals surface area contributed by atoms with Crippen LogP contribution in [0.1, 0.15) is 36.8 Å². The van der Waals surface area contributed by atoms with Crippen molar-refractivity contribution in [1.29, 1.82) is 0 Å². The molecule has 1 aromatic rings. The van der Waals surface area contributed by atoms with Gasteiger partial charge in [-0.15, -0.1) is 0 Å². The molecule has 0 unspecified atom stereocenters. The molecule has 0 aromatic heterocycles. The molecule has 1 aliphatic carbocycles. The van der Waals surface area contributed by atoms with Gasteiger partial charge < -0.3 is 5.32 Å². The van der Waals surface area contributed by atoms with Crippen LogP contribution in [0.15, 0.2) is 24.3 Å². The van der Waals surface area contributed by atoms with E-state index in [2.05, 4.69) is 5.32 Å². The molecule has 4 heteroatoms. The number of benzene rings is 1. The van der Waals surface area contributed by atoms with E-state index in [4.69, 9.17) is 0 Å². The molecule has 2 fully saturated rings. The number of hydrogen-bond donors (Lipinski definition) is 1. The molecule has 0 amide bonds. The van der Waals surface area contributed by atoms with Crippen LogP contribution in [0.5, 0.6) is 0 Å². The molecule has 2 aliphatic rings. The first-order valence-corrected chi connectivity index (χ1v) is 6.91. The van der Waals surface area contributed by atoms with E-state index in [9.17, 15) is 13.2 Å². The van der Waals surface area contributed by atoms with Gasteiger partial charge in [-0.2, -0.15) is 13.2 Å². The van der Waals surface area contributed by atoms with Gasteiger partial charge in [0.15, 0.2) is 0 Å². The highest BCUT2D eigenvalue weighted by molar-refractivity contribution is 5.36. The zero-order valence-electron chi connectivity index (χ0n) is 10.8. The number of hydrogen-bond acceptors (Lipinski definition) is 1. The van der Waals surface area contributed by atoms with Crippen molar-refractivity contribution < 1.29 is 13.2 Å². The Morgan fingerprint density at radius 2 is 1.84 bits per heavy atom. The number of alkyl halides is 3. The second kappa shape index (κ2) is 4.51. The van der Waals surface area contributed by atoms with E-state index in [0.717, 1.165) is 31.5 Å². The molecule has 104 valence electrons. The first-order chi connectivity index (χ1) is 9.02. The minimum atomic E-state index is -4.23. The van der Waals surface area contributed by atoms with Crippen LogP contribution in [0, 0.1) is 5.92 Å². The Hall–Kier alpha value is -1.03. The lowest BCUT2D eigenvalue weighted by Crippen LogP contribution is -2.25. The van der Waals surface area contributed by atoms with Crippen molar-refractivity contribution in [2.45, 2.75) is 37.3 Å². The number of halogens is 3. The Labute approximate surface area is 111 Å². The van der Waals surface area contributed by atoms with Gasteiger partial charge in [0.05, 0.1) is 5.56 Å². The molecule has 1 N–H and O–H groups in total. The number of nitrogens with one attached hydrogen (secondary N) is 1. The van der Waals surface area contributed by atoms with Gasteiger partial charge in [-0.1, -0.05) is 12.1 Å². The van der Waals surface area contributed by atoms with Crippen molar-refractivity contribution in [2.75, 3.05) is 13.1 Å². The summed E-state index contributed by atoms with van der Waals surface area (Å²) in [6, 6.07) is 5.83. The Kier molecular flexibility index (Phi) is 3.08. The third-order valence-electron chi connectivity index (χ3n) is 4.67. The molecule has 1 nitrogen and oxygen atoms in total. The summed E-state index contributed by atoms with van der Waals surface area (Å²) in [4.78, 5) is 0. The second-order valence-corrected chi connectivity index (χ2v) is 5.77. The van der Waals surface area contributed by atoms with Crippen LogP contribution in [0.2, 0.25) is 0 Å². The zero-order valence-corrected chi connectivity index (χ0v) is 10.8. The topological polar surface area (TPSA) is 12.0 Å². The van der Waals surface area contributed by atoms with Crippen molar-refractivity contribution >= 4 is 0 Å². The third-order valence-corrected chi connectivity index (χ3v) is 4.67. The highest BCUT2D eigenvalue weighted by Gasteiger charge is 2.54. The van der Waals surface area contributed by atoms with Crippen molar-refractivity contribution in [3.8, 4) is 0 Å². The maximum absolute atomic E-state index is 12.6. The van der Waals surface area contributed by atoms with Gasteiger partial charge in [0.25, 0.3) is 0 Å². The Bertz CT molecular complexity index is 451. The quantitative estimate of drug-likeness (QED) is 0.819. The molecule has 0 spiro atoms. The largest absolute Gasteiger partial charge is 0.416 e. The molecule has 1 aromatic carbocycles. The van der Waals surface area contributed by atoms with Crippen molar-refractivity contribution in [3.05, 3.63) is 35.4 Å². The minimum Gasteiger partial charge on any atom is -0.317 e. The Morgan fingerprint density at radius 3 is 2.53 bits per heavy atom. The second-order valence-electron chi connectivity index (χ2n) is 5.77. The summed E-state index contributed by atoms with van der Waals surface area (Å²) in [6.45, 7) is 2.04. The number of rotatable bonds is 1. The summed E-state index contributed by atoms with van der Waals surface area (Å²) in [5.74, 6) is 0.673. The summed E-state index contributed by atoms with van der Waals surface area (Å²) in [5.41, 5.74) is 0.695. The fourth-order valence-electron chi connectivity index (χ4n) is 3.46. The van der Waals surface area contributed by atoms with E-state index in [1.807, 2.05) is 0 Å². The van der Waals surface area contributed by atoms with Gasteiger partial charge >= 0.3 is 6.18 Å². The molecule has 1 heterocycles. The Morgan fingerprint density at radius 1 is 1.11 bits per heavy atom. The first kappa shape index (κ1) is 13.0. The fourth-order valence-corrected chi connectivity index (χ4v) is 3.46. The highest BCUT2D eigenvalue weighted by Crippen LogP contribution is 2.59. The average Bonchev–Trinajstić information content (AvgIpc) is 3.02. The highest BCUT2D eigenvalue weighted by atomic mass is 19.4. The standard InChI is InChI=1S/C15H18F3N/c16-15(17,18)12-5-3-11(4-6-12)14-7-9-19-8-1-2-13(14)10-14/h3-6,13,19H,1-2,7-10H2/t13-,14+/m1/s1. The summed E-state index contributed by atoms with van der Waals surface area (Å²) >= 11 is 0. The molecule has 0 radical (unpaired) electrons. The van der Waals surface area contributed by atoms with E-state index in [1.54, 1.807) is 12.1 Å². The van der Waals surface area contributed by atoms with Gasteiger partial charge in [0.2, 0.25) is 0 Å². The SMILES string of the molecule is FC(F)(F)c1ccc([C@@]23CCNCCC[C@@H]2C3)cc1. The third kappa shape index (κ3) is 2.38. The number of fused-ring (bicyclic) bond motifs is 1. The monoisotopic (exact) mass is 269 g/mol. The van der Waals surface area contributed by atoms with Crippen LogP contribution >= 0.6 is 0 Å². The maximum atomic E-state index is 12.6. The van der Waals surface area contributed by atoms with Crippen molar-refractivity contribution in [2.24, 2.45) is 5.92 Å². The summed E-state index contributed by atoms with van der Waals surface area (Å²) in [5, 5.41) is 3.39. The van der Waals surface area contributed by atoms with Gasteiger partial charge in [-0.05, 0) is 67.8 Å². The maximum Gasteiger partial charge on any atom is 0.416 e. The van der Waals surface area contributed by atoms with Crippen LogP contribution in [-0.2, 0) is 11.6 Å². The lowest BCUT2D eigenvalue weighted by Gasteiger charge is -2.21. The van der Waals surface area contributed by atoms with E-state index < -0.39 is 11.7 Å². The van der Waals surface area contributed by atoms with E-state index in [1.165, 1.54) is 25.0 Å². The van der Waals surface area contributed by atoms with Crippen LogP contribution in [-0.4, -0.2) is 13.1 Å². The van der Waals surface area contributed by atoms with E-state index in [0.29, 0.717) is 5.92 Å². The average molecular weight is 269 g/mol. The molecular weight excluding hydrogens is 251 g/mol. The van der Waals surface area contributed by atoms with Gasteiger partial charge in [0.1, 0.15) is 0 Å². The molecule has 1 saturated carbocycles. The molecule has 3 rings (SSSR count). The van der Waals surface area contributed by atoms with E-state index in [-0.39, 0.29) is 5.41 Å². The van der Waals surface area contributed by atoms with Crippen LogP contribution < -0.4 is 5.32 Å². The van der Waals surface area contributed by atoms with Crippen LogP contribution in [0.4, 0.5) is 13.2 Å². The lowest BCUT2D eigenvalue weighted by molar-refractivity contribution is -0.137. The Balaban J connectivity index is 1.82. The first-order valence-electron chi connectivity index (χ1n) is 6.91. The predicted octanol–water partition coefficient (Wildman–Crippen LogP) is 3.74. The smallest absolute Gasteiger partial charge is 0.317 e. The molecule has 0 bridgehead atoms. The predicted molar refractivity (Wildman–Crippen MR) is 67.9 cm³/mol. The summed E-state index contributed by atoms with van der Waals surface area (Å²) in [7, 11) is 0. The summed E-state index contributed by atoms with van der Waals surface area (Å²) in [6.07, 6.45) is 0.311. The van der Waals surface area contributed by atoms with Crippen molar-refractivity contribution in [1.82, 2.24) is 5.32 Å². The van der Waals surface area contributed by atoms with Crippen molar-refractivity contribution in [3.63, 3.8) is 0 Å². The van der Waals surface area contributed by atoms with E-state index >= 15 is 0 Å². The van der Waals surface area contributed by atoms with Gasteiger partial charge in [0, 0.05) is 0 Å². The minimum absolute atomic E-state index is 0.150. The molecule has 2 atom stereocenters. The normalized spacial score (nSPS) is 31.2. The fraction of sp³-hybridized carbons (Fsp3) is 0.600. The van der Waals surface area contributed by atoms with Crippen LogP contribution in [0.25, 0.3) is 0 Å². The molecular formula is C15H18F3N. The molecule has 19 heavy (non-hydrogen) atoms. The lowest BCUT2D eigenvalue weighted by atomic mass is 9.87. The molecule has 1 aliphatic heterocycles. The molecule has 1 saturated heterocycles. The van der Waals surface area contributed by atoms with Crippen LogP contribution in [0.3, 0.4) is 0 Å². The zero-order chi connectivity index (χ0) is 13.5.